The van der Waals surface area contributed by atoms with Crippen molar-refractivity contribution in [1.29, 1.82) is 0 Å². The molecule has 0 spiro atoms. The fraction of sp³-hybridized carbons (Fsp3) is 0.0870. The first kappa shape index (κ1) is 15.4. The molecule has 2 heteroatoms. The first-order valence-corrected chi connectivity index (χ1v) is 8.56. The van der Waals surface area contributed by atoms with Crippen LogP contribution < -0.4 is 5.32 Å². The Labute approximate surface area is 148 Å². The number of fused-ring (bicyclic) bond motifs is 1. The zero-order valence-electron chi connectivity index (χ0n) is 14.2. The average molecular weight is 324 g/mol. The van der Waals surface area contributed by atoms with Crippen molar-refractivity contribution in [3.05, 3.63) is 90.6 Å². The minimum Gasteiger partial charge on any atom is -0.366 e. The summed E-state index contributed by atoms with van der Waals surface area (Å²) in [6.07, 6.45) is 7.95. The topological polar surface area (TPSA) is 24.4 Å². The maximum Gasteiger partial charge on any atom is 0.144 e. The van der Waals surface area contributed by atoms with Crippen molar-refractivity contribution in [2.75, 3.05) is 0 Å². The van der Waals surface area contributed by atoms with E-state index in [2.05, 4.69) is 83.1 Å². The summed E-state index contributed by atoms with van der Waals surface area (Å²) in [5.74, 6) is 0. The van der Waals surface area contributed by atoms with Gasteiger partial charge < -0.3 is 5.32 Å². The molecule has 25 heavy (non-hydrogen) atoms. The molecule has 3 aromatic carbocycles. The van der Waals surface area contributed by atoms with Crippen LogP contribution >= 0.6 is 0 Å². The lowest BCUT2D eigenvalue weighted by molar-refractivity contribution is 0.750. The van der Waals surface area contributed by atoms with Crippen molar-refractivity contribution in [3.8, 4) is 11.1 Å². The molecule has 1 aliphatic heterocycles. The van der Waals surface area contributed by atoms with Gasteiger partial charge in [0.25, 0.3) is 0 Å². The van der Waals surface area contributed by atoms with Gasteiger partial charge in [-0.2, -0.15) is 0 Å². The smallest absolute Gasteiger partial charge is 0.144 e. The Kier molecular flexibility index (Phi) is 4.17. The van der Waals surface area contributed by atoms with Gasteiger partial charge in [0.1, 0.15) is 6.17 Å². The van der Waals surface area contributed by atoms with Gasteiger partial charge in [-0.1, -0.05) is 72.8 Å². The van der Waals surface area contributed by atoms with Crippen molar-refractivity contribution >= 4 is 22.6 Å². The Hall–Kier alpha value is -3.13. The van der Waals surface area contributed by atoms with Crippen LogP contribution in [0.4, 0.5) is 0 Å². The minimum atomic E-state index is -0.0408. The van der Waals surface area contributed by atoms with Crippen LogP contribution in [0.15, 0.2) is 90.1 Å². The van der Waals surface area contributed by atoms with Crippen LogP contribution in [-0.4, -0.2) is 12.4 Å². The largest absolute Gasteiger partial charge is 0.366 e. The fourth-order valence-corrected chi connectivity index (χ4v) is 3.41. The summed E-state index contributed by atoms with van der Waals surface area (Å²) in [5.41, 5.74) is 4.92. The number of rotatable bonds is 3. The van der Waals surface area contributed by atoms with E-state index >= 15 is 0 Å². The molecule has 1 heterocycles. The fourth-order valence-electron chi connectivity index (χ4n) is 3.41. The van der Waals surface area contributed by atoms with Crippen LogP contribution in [-0.2, 0) is 0 Å². The van der Waals surface area contributed by atoms with E-state index in [1.165, 1.54) is 33.0 Å². The van der Waals surface area contributed by atoms with E-state index in [1.54, 1.807) is 0 Å². The molecular weight excluding hydrogens is 304 g/mol. The third kappa shape index (κ3) is 2.87. The van der Waals surface area contributed by atoms with Crippen LogP contribution in [0, 0.1) is 0 Å². The van der Waals surface area contributed by atoms with Crippen LogP contribution in [0.1, 0.15) is 12.5 Å². The summed E-state index contributed by atoms with van der Waals surface area (Å²) in [5, 5.41) is 5.85. The van der Waals surface area contributed by atoms with E-state index in [0.717, 1.165) is 0 Å². The molecule has 2 nitrogen and oxygen atoms in total. The van der Waals surface area contributed by atoms with Crippen LogP contribution in [0.2, 0.25) is 0 Å². The molecule has 0 amide bonds. The molecule has 0 radical (unpaired) electrons. The number of hydrogen-bond donors (Lipinski definition) is 1. The van der Waals surface area contributed by atoms with E-state index in [9.17, 15) is 0 Å². The third-order valence-corrected chi connectivity index (χ3v) is 4.54. The highest BCUT2D eigenvalue weighted by Gasteiger charge is 2.18. The quantitative estimate of drug-likeness (QED) is 0.639. The summed E-state index contributed by atoms with van der Waals surface area (Å²) in [6.45, 7) is 1.95. The predicted molar refractivity (Wildman–Crippen MR) is 108 cm³/mol. The Morgan fingerprint density at radius 3 is 2.28 bits per heavy atom. The highest BCUT2D eigenvalue weighted by atomic mass is 15.1. The molecule has 1 N–H and O–H groups in total. The molecule has 3 aromatic rings. The Balaban J connectivity index is 1.93. The summed E-state index contributed by atoms with van der Waals surface area (Å²) in [6, 6.07) is 23.6. The minimum absolute atomic E-state index is 0.0408. The summed E-state index contributed by atoms with van der Waals surface area (Å²) in [4.78, 5) is 4.57. The number of aliphatic imine (C=N–C) groups is 1. The monoisotopic (exact) mass is 324 g/mol. The van der Waals surface area contributed by atoms with E-state index in [0.29, 0.717) is 0 Å². The molecule has 1 unspecified atom stereocenters. The highest BCUT2D eigenvalue weighted by molar-refractivity contribution is 6.03. The highest BCUT2D eigenvalue weighted by Crippen LogP contribution is 2.35. The molecule has 0 aromatic heterocycles. The second kappa shape index (κ2) is 6.78. The van der Waals surface area contributed by atoms with Gasteiger partial charge in [0, 0.05) is 5.57 Å². The number of nitrogens with zero attached hydrogens (tertiary/aromatic N) is 1. The van der Waals surface area contributed by atoms with Gasteiger partial charge in [-0.25, -0.2) is 0 Å². The molecule has 0 saturated carbocycles. The van der Waals surface area contributed by atoms with Crippen LogP contribution in [0.5, 0.6) is 0 Å². The van der Waals surface area contributed by atoms with Gasteiger partial charge in [0.15, 0.2) is 0 Å². The van der Waals surface area contributed by atoms with Gasteiger partial charge in [-0.05, 0) is 52.9 Å². The Morgan fingerprint density at radius 2 is 1.52 bits per heavy atom. The second-order valence-corrected chi connectivity index (χ2v) is 6.03. The predicted octanol–water partition coefficient (Wildman–Crippen LogP) is 5.42. The third-order valence-electron chi connectivity index (χ3n) is 4.54. The van der Waals surface area contributed by atoms with E-state index < -0.39 is 0 Å². The molecule has 4 rings (SSSR count). The molecule has 0 fully saturated rings. The van der Waals surface area contributed by atoms with E-state index in [-0.39, 0.29) is 6.17 Å². The molecule has 0 bridgehead atoms. The lowest BCUT2D eigenvalue weighted by Crippen LogP contribution is -2.25. The number of dihydropyridines is 1. The van der Waals surface area contributed by atoms with Crippen LogP contribution in [0.25, 0.3) is 27.5 Å². The molecule has 1 aliphatic rings. The summed E-state index contributed by atoms with van der Waals surface area (Å²) >= 11 is 0. The summed E-state index contributed by atoms with van der Waals surface area (Å²) < 4.78 is 0. The lowest BCUT2D eigenvalue weighted by Gasteiger charge is -2.22. The molecule has 0 aliphatic carbocycles. The lowest BCUT2D eigenvalue weighted by atomic mass is 9.90. The normalized spacial score (nSPS) is 16.8. The van der Waals surface area contributed by atoms with Crippen molar-refractivity contribution in [1.82, 2.24) is 5.32 Å². The number of hydrogen-bond acceptors (Lipinski definition) is 2. The second-order valence-electron chi connectivity index (χ2n) is 6.03. The number of benzene rings is 3. The van der Waals surface area contributed by atoms with Gasteiger partial charge in [-0.15, -0.1) is 0 Å². The van der Waals surface area contributed by atoms with Gasteiger partial charge in [0.2, 0.25) is 0 Å². The molecular formula is C23H20N2. The SMILES string of the molecule is C/C=N/C1NC=CC=C1c1ccc(-c2ccccc2)c2ccccc12. The number of allylic oxidation sites excluding steroid dienone is 2. The first-order chi connectivity index (χ1) is 12.4. The van der Waals surface area contributed by atoms with Gasteiger partial charge >= 0.3 is 0 Å². The maximum absolute atomic E-state index is 4.57. The van der Waals surface area contributed by atoms with Crippen molar-refractivity contribution in [3.63, 3.8) is 0 Å². The summed E-state index contributed by atoms with van der Waals surface area (Å²) in [7, 11) is 0. The Morgan fingerprint density at radius 1 is 0.840 bits per heavy atom. The zero-order valence-corrected chi connectivity index (χ0v) is 14.2. The molecule has 122 valence electrons. The van der Waals surface area contributed by atoms with Crippen molar-refractivity contribution < 1.29 is 0 Å². The molecule has 1 atom stereocenters. The van der Waals surface area contributed by atoms with E-state index in [4.69, 9.17) is 0 Å². The van der Waals surface area contributed by atoms with Gasteiger partial charge in [0.05, 0.1) is 0 Å². The van der Waals surface area contributed by atoms with Crippen molar-refractivity contribution in [2.45, 2.75) is 13.1 Å². The zero-order chi connectivity index (χ0) is 17.1. The number of nitrogens with one attached hydrogen (secondary N) is 1. The van der Waals surface area contributed by atoms with Crippen LogP contribution in [0.3, 0.4) is 0 Å². The van der Waals surface area contributed by atoms with Crippen molar-refractivity contribution in [2.24, 2.45) is 4.99 Å². The average Bonchev–Trinajstić information content (AvgIpc) is 2.69. The standard InChI is InChI=1S/C23H20N2/c1-2-24-23-22(13-8-16-25-23)21-15-14-18(17-9-4-3-5-10-17)19-11-6-7-12-20(19)21/h2-16,23,25H,1H3/b24-2+. The molecule has 0 saturated heterocycles. The van der Waals surface area contributed by atoms with Gasteiger partial charge in [-0.3, -0.25) is 4.99 Å². The first-order valence-electron chi connectivity index (χ1n) is 8.56. The maximum atomic E-state index is 4.57. The Bertz CT molecular complexity index is 981. The van der Waals surface area contributed by atoms with E-state index in [1.807, 2.05) is 25.4 Å².